The maximum atomic E-state index is 12.5. The number of unbranched alkanes of at least 4 members (excludes halogenated alkanes) is 20. The van der Waals surface area contributed by atoms with Gasteiger partial charge in [0.05, 0.1) is 6.61 Å². The Bertz CT molecular complexity index is 1010. The average molecular weight is 767 g/mol. The Morgan fingerprint density at radius 3 is 1.47 bits per heavy atom. The van der Waals surface area contributed by atoms with E-state index in [1.807, 2.05) is 0 Å². The molecular weight excluding hydrogens is 687 g/mol. The summed E-state index contributed by atoms with van der Waals surface area (Å²) in [5.74, 6) is -0.840. The van der Waals surface area contributed by atoms with Crippen LogP contribution in [0, 0.1) is 0 Å². The Kier molecular flexibility index (Phi) is 38.2. The zero-order chi connectivity index (χ0) is 38.9. The third-order valence-electron chi connectivity index (χ3n) is 9.06. The molecule has 0 aliphatic rings. The molecule has 0 aromatic carbocycles. The second kappa shape index (κ2) is 39.7. The normalized spacial score (nSPS) is 13.8. The zero-order valence-electron chi connectivity index (χ0n) is 34.2. The van der Waals surface area contributed by atoms with Crippen LogP contribution < -0.4 is 0 Å². The molecule has 0 saturated heterocycles. The Balaban J connectivity index is 3.98. The van der Waals surface area contributed by atoms with E-state index in [1.165, 1.54) is 103 Å². The first-order chi connectivity index (χ1) is 25.8. The lowest BCUT2D eigenvalue weighted by Crippen LogP contribution is -2.29. The van der Waals surface area contributed by atoms with Gasteiger partial charge in [0.15, 0.2) is 6.10 Å². The predicted octanol–water partition coefficient (Wildman–Crippen LogP) is 13.4. The fraction of sp³-hybridized carbons (Fsp3) is 0.773. The van der Waals surface area contributed by atoms with Crippen molar-refractivity contribution < 1.29 is 37.6 Å². The number of hydrogen-bond donors (Lipinski definition) is 1. The molecule has 0 aromatic rings. The van der Waals surface area contributed by atoms with Gasteiger partial charge in [-0.05, 0) is 70.6 Å². The number of esters is 2. The van der Waals surface area contributed by atoms with Gasteiger partial charge >= 0.3 is 19.8 Å². The van der Waals surface area contributed by atoms with E-state index < -0.39 is 26.5 Å². The van der Waals surface area contributed by atoms with Crippen molar-refractivity contribution >= 4 is 19.8 Å². The fourth-order valence-corrected chi connectivity index (χ4v) is 6.24. The van der Waals surface area contributed by atoms with E-state index in [2.05, 4.69) is 67.0 Å². The molecule has 0 radical (unpaired) electrons. The van der Waals surface area contributed by atoms with Gasteiger partial charge in [-0.15, -0.1) is 0 Å². The maximum Gasteiger partial charge on any atom is 0.472 e. The highest BCUT2D eigenvalue weighted by Crippen LogP contribution is 2.42. The highest BCUT2D eigenvalue weighted by molar-refractivity contribution is 7.47. The number of phosphoric ester groups is 1. The molecule has 0 fully saturated rings. The van der Waals surface area contributed by atoms with Gasteiger partial charge in [0.2, 0.25) is 0 Å². The summed E-state index contributed by atoms with van der Waals surface area (Å²) in [6, 6.07) is 0. The quantitative estimate of drug-likeness (QED) is 0.0285. The van der Waals surface area contributed by atoms with Gasteiger partial charge in [-0.25, -0.2) is 4.57 Å². The van der Waals surface area contributed by atoms with Crippen LogP contribution in [0.2, 0.25) is 0 Å². The first kappa shape index (κ1) is 51.0. The summed E-state index contributed by atoms with van der Waals surface area (Å²) in [7, 11) is -3.21. The standard InChI is InChI=1S/C44H79O8P/c1-4-6-8-10-12-14-16-18-19-20-21-22-23-24-25-27-28-30-32-34-36-38-43(45)50-40-42(41-51-53(47,48)49-3)52-44(46)39-37-35-33-31-29-26-17-15-13-11-9-7-5-2/h7,9,13,15,20-21,26,29,42H,4-6,8,10-12,14,16-19,22-25,27-28,30-41H2,1-3H3,(H,47,48)/b9-7-,15-13-,21-20-,29-26-. The van der Waals surface area contributed by atoms with E-state index in [9.17, 15) is 19.0 Å². The van der Waals surface area contributed by atoms with Crippen LogP contribution in [0.25, 0.3) is 0 Å². The number of rotatable bonds is 39. The summed E-state index contributed by atoms with van der Waals surface area (Å²) in [6.45, 7) is 3.75. The number of carbonyl (C=O) groups is 2. The molecule has 0 aromatic heterocycles. The van der Waals surface area contributed by atoms with E-state index in [0.29, 0.717) is 6.42 Å². The van der Waals surface area contributed by atoms with Gasteiger partial charge in [-0.3, -0.25) is 18.6 Å². The van der Waals surface area contributed by atoms with Crippen LogP contribution in [0.15, 0.2) is 48.6 Å². The van der Waals surface area contributed by atoms with E-state index in [0.717, 1.165) is 64.9 Å². The van der Waals surface area contributed by atoms with Gasteiger partial charge in [0.25, 0.3) is 0 Å². The number of phosphoric acid groups is 1. The summed E-state index contributed by atoms with van der Waals surface area (Å²) >= 11 is 0. The second-order valence-corrected chi connectivity index (χ2v) is 15.7. The van der Waals surface area contributed by atoms with E-state index >= 15 is 0 Å². The third-order valence-corrected chi connectivity index (χ3v) is 9.99. The lowest BCUT2D eigenvalue weighted by atomic mass is 10.1. The largest absolute Gasteiger partial charge is 0.472 e. The Labute approximate surface area is 325 Å². The number of carbonyl (C=O) groups excluding carboxylic acids is 2. The van der Waals surface area contributed by atoms with Crippen molar-refractivity contribution in [3.63, 3.8) is 0 Å². The monoisotopic (exact) mass is 767 g/mol. The average Bonchev–Trinajstić information content (AvgIpc) is 3.15. The lowest BCUT2D eigenvalue weighted by molar-refractivity contribution is -0.161. The molecule has 308 valence electrons. The van der Waals surface area contributed by atoms with Gasteiger partial charge < -0.3 is 14.4 Å². The van der Waals surface area contributed by atoms with Crippen molar-refractivity contribution in [2.24, 2.45) is 0 Å². The molecule has 9 heteroatoms. The van der Waals surface area contributed by atoms with Crippen molar-refractivity contribution in [1.29, 1.82) is 0 Å². The summed E-state index contributed by atoms with van der Waals surface area (Å²) in [5, 5.41) is 0. The molecular formula is C44H79O8P. The van der Waals surface area contributed by atoms with Gasteiger partial charge in [-0.1, -0.05) is 159 Å². The van der Waals surface area contributed by atoms with Crippen molar-refractivity contribution in [3.05, 3.63) is 48.6 Å². The van der Waals surface area contributed by atoms with Crippen LogP contribution in [0.1, 0.15) is 194 Å². The molecule has 2 unspecified atom stereocenters. The first-order valence-electron chi connectivity index (χ1n) is 21.3. The highest BCUT2D eigenvalue weighted by Gasteiger charge is 2.24. The number of ether oxygens (including phenoxy) is 2. The van der Waals surface area contributed by atoms with Crippen LogP contribution >= 0.6 is 7.82 Å². The van der Waals surface area contributed by atoms with Crippen LogP contribution in [-0.2, 0) is 32.7 Å². The molecule has 0 amide bonds. The Hall–Kier alpha value is -1.99. The molecule has 8 nitrogen and oxygen atoms in total. The van der Waals surface area contributed by atoms with E-state index in [4.69, 9.17) is 14.0 Å². The first-order valence-corrected chi connectivity index (χ1v) is 22.8. The summed E-state index contributed by atoms with van der Waals surface area (Å²) in [6.07, 6.45) is 47.5. The smallest absolute Gasteiger partial charge is 0.462 e. The molecule has 0 saturated carbocycles. The lowest BCUT2D eigenvalue weighted by Gasteiger charge is -2.19. The van der Waals surface area contributed by atoms with Crippen molar-refractivity contribution in [2.45, 2.75) is 200 Å². The van der Waals surface area contributed by atoms with Gasteiger partial charge in [0.1, 0.15) is 6.61 Å². The molecule has 2 atom stereocenters. The molecule has 0 spiro atoms. The molecule has 0 heterocycles. The van der Waals surface area contributed by atoms with Crippen molar-refractivity contribution in [1.82, 2.24) is 0 Å². The van der Waals surface area contributed by atoms with Crippen LogP contribution in [0.4, 0.5) is 0 Å². The zero-order valence-corrected chi connectivity index (χ0v) is 35.1. The van der Waals surface area contributed by atoms with Crippen molar-refractivity contribution in [2.75, 3.05) is 20.3 Å². The number of allylic oxidation sites excluding steroid dienone is 8. The van der Waals surface area contributed by atoms with Crippen LogP contribution in [0.3, 0.4) is 0 Å². The minimum absolute atomic E-state index is 0.208. The second-order valence-electron chi connectivity index (χ2n) is 14.1. The summed E-state index contributed by atoms with van der Waals surface area (Å²) in [5.41, 5.74) is 0. The van der Waals surface area contributed by atoms with Gasteiger partial charge in [-0.2, -0.15) is 0 Å². The minimum atomic E-state index is -4.27. The van der Waals surface area contributed by atoms with Gasteiger partial charge in [0, 0.05) is 20.0 Å². The molecule has 0 aliphatic carbocycles. The Morgan fingerprint density at radius 2 is 0.962 bits per heavy atom. The molecule has 1 N–H and O–H groups in total. The molecule has 53 heavy (non-hydrogen) atoms. The topological polar surface area (TPSA) is 108 Å². The third kappa shape index (κ3) is 39.5. The van der Waals surface area contributed by atoms with Crippen LogP contribution in [-0.4, -0.2) is 43.3 Å². The summed E-state index contributed by atoms with van der Waals surface area (Å²) < 4.78 is 31.9. The molecule has 0 bridgehead atoms. The highest BCUT2D eigenvalue weighted by atomic mass is 31.2. The summed E-state index contributed by atoms with van der Waals surface area (Å²) in [4.78, 5) is 34.4. The SMILES string of the molecule is CC/C=C\C/C=C\C/C=C\CCCCCC(=O)OC(COC(=O)CCCCCCCCCCC/C=C\CCCCCCCCCC)COP(=O)(O)OC. The van der Waals surface area contributed by atoms with E-state index in [-0.39, 0.29) is 25.4 Å². The van der Waals surface area contributed by atoms with E-state index in [1.54, 1.807) is 0 Å². The fourth-order valence-electron chi connectivity index (χ4n) is 5.78. The molecule has 0 aliphatic heterocycles. The predicted molar refractivity (Wildman–Crippen MR) is 221 cm³/mol. The number of hydrogen-bond acceptors (Lipinski definition) is 7. The van der Waals surface area contributed by atoms with Crippen LogP contribution in [0.5, 0.6) is 0 Å². The molecule has 0 rings (SSSR count). The maximum absolute atomic E-state index is 12.5. The Morgan fingerprint density at radius 1 is 0.547 bits per heavy atom. The minimum Gasteiger partial charge on any atom is -0.462 e. The van der Waals surface area contributed by atoms with Crippen molar-refractivity contribution in [3.8, 4) is 0 Å².